The van der Waals surface area contributed by atoms with Crippen molar-refractivity contribution in [3.8, 4) is 5.75 Å². The maximum Gasteiger partial charge on any atom is 0.122 e. The summed E-state index contributed by atoms with van der Waals surface area (Å²) in [6, 6.07) is 6.49. The summed E-state index contributed by atoms with van der Waals surface area (Å²) in [5, 5.41) is 3.39. The average Bonchev–Trinajstić information content (AvgIpc) is 2.40. The molecule has 0 aromatic heterocycles. The van der Waals surface area contributed by atoms with Crippen LogP contribution in [0.4, 0.5) is 0 Å². The molecule has 0 saturated carbocycles. The maximum absolute atomic E-state index is 6.05. The van der Waals surface area contributed by atoms with Crippen LogP contribution in [-0.4, -0.2) is 32.9 Å². The van der Waals surface area contributed by atoms with Gasteiger partial charge in [-0.2, -0.15) is 0 Å². The van der Waals surface area contributed by atoms with Gasteiger partial charge >= 0.3 is 0 Å². The molecule has 0 bridgehead atoms. The normalized spacial score (nSPS) is 12.7. The van der Waals surface area contributed by atoms with Crippen LogP contribution in [0, 0.1) is 6.92 Å². The Hall–Kier alpha value is -1.06. The van der Waals surface area contributed by atoms with Gasteiger partial charge in [0.15, 0.2) is 0 Å². The Morgan fingerprint density at radius 3 is 2.60 bits per heavy atom. The molecule has 1 aromatic carbocycles. The molecule has 0 heterocycles. The highest BCUT2D eigenvalue weighted by Gasteiger charge is 2.08. The second-order valence-corrected chi connectivity index (χ2v) is 5.66. The van der Waals surface area contributed by atoms with Crippen LogP contribution in [-0.2, 0) is 4.74 Å². The number of hydrogen-bond donors (Lipinski definition) is 1. The molecule has 1 rings (SSSR count). The minimum Gasteiger partial charge on any atom is -0.489 e. The molecular formula is C17H29NO2. The van der Waals surface area contributed by atoms with Crippen molar-refractivity contribution in [2.75, 3.05) is 26.8 Å². The Bertz CT molecular complexity index is 391. The van der Waals surface area contributed by atoms with Crippen LogP contribution in [0.3, 0.4) is 0 Å². The predicted molar refractivity (Wildman–Crippen MR) is 84.7 cm³/mol. The highest BCUT2D eigenvalue weighted by atomic mass is 16.5. The molecule has 1 unspecified atom stereocenters. The van der Waals surface area contributed by atoms with Gasteiger partial charge in [-0.15, -0.1) is 0 Å². The fourth-order valence-corrected chi connectivity index (χ4v) is 2.01. The molecule has 20 heavy (non-hydrogen) atoms. The monoisotopic (exact) mass is 279 g/mol. The quantitative estimate of drug-likeness (QED) is 0.702. The zero-order chi connectivity index (χ0) is 15.0. The molecule has 1 atom stereocenters. The van der Waals surface area contributed by atoms with E-state index in [0.29, 0.717) is 5.92 Å². The number of ether oxygens (including phenoxy) is 2. The molecule has 1 aromatic rings. The summed E-state index contributed by atoms with van der Waals surface area (Å²) in [6.07, 6.45) is 1.20. The lowest BCUT2D eigenvalue weighted by molar-refractivity contribution is 0.188. The van der Waals surface area contributed by atoms with Crippen LogP contribution in [0.5, 0.6) is 5.75 Å². The summed E-state index contributed by atoms with van der Waals surface area (Å²) in [4.78, 5) is 0. The van der Waals surface area contributed by atoms with Crippen LogP contribution < -0.4 is 10.1 Å². The van der Waals surface area contributed by atoms with Crippen LogP contribution >= 0.6 is 0 Å². The third kappa shape index (κ3) is 5.93. The minimum absolute atomic E-state index is 0.165. The Balaban J connectivity index is 2.44. The van der Waals surface area contributed by atoms with E-state index in [2.05, 4.69) is 51.2 Å². The second-order valence-electron chi connectivity index (χ2n) is 5.66. The van der Waals surface area contributed by atoms with E-state index in [1.807, 2.05) is 0 Å². The van der Waals surface area contributed by atoms with Crippen molar-refractivity contribution in [2.45, 2.75) is 46.1 Å². The smallest absolute Gasteiger partial charge is 0.122 e. The van der Waals surface area contributed by atoms with E-state index < -0.39 is 0 Å². The summed E-state index contributed by atoms with van der Waals surface area (Å²) in [5.74, 6) is 1.53. The fraction of sp³-hybridized carbons (Fsp3) is 0.647. The molecular weight excluding hydrogens is 250 g/mol. The summed E-state index contributed by atoms with van der Waals surface area (Å²) in [6.45, 7) is 11.2. The lowest BCUT2D eigenvalue weighted by Gasteiger charge is -2.18. The van der Waals surface area contributed by atoms with Gasteiger partial charge in [0, 0.05) is 20.3 Å². The number of methoxy groups -OCH3 is 1. The predicted octanol–water partition coefficient (Wildman–Crippen LogP) is 3.51. The van der Waals surface area contributed by atoms with Crippen molar-refractivity contribution < 1.29 is 9.47 Å². The van der Waals surface area contributed by atoms with E-state index in [9.17, 15) is 0 Å². The average molecular weight is 279 g/mol. The van der Waals surface area contributed by atoms with E-state index in [1.165, 1.54) is 11.1 Å². The maximum atomic E-state index is 6.05. The first-order valence-electron chi connectivity index (χ1n) is 7.51. The van der Waals surface area contributed by atoms with Crippen LogP contribution in [0.1, 0.15) is 44.2 Å². The van der Waals surface area contributed by atoms with Crippen molar-refractivity contribution in [2.24, 2.45) is 0 Å². The van der Waals surface area contributed by atoms with Gasteiger partial charge < -0.3 is 14.8 Å². The van der Waals surface area contributed by atoms with Gasteiger partial charge in [0.1, 0.15) is 11.9 Å². The Labute approximate surface area is 123 Å². The molecule has 0 amide bonds. The van der Waals surface area contributed by atoms with Gasteiger partial charge in [0.25, 0.3) is 0 Å². The first-order valence-corrected chi connectivity index (χ1v) is 7.51. The highest BCUT2D eigenvalue weighted by molar-refractivity contribution is 5.37. The van der Waals surface area contributed by atoms with E-state index in [1.54, 1.807) is 7.11 Å². The van der Waals surface area contributed by atoms with Crippen molar-refractivity contribution in [1.82, 2.24) is 5.32 Å². The molecule has 114 valence electrons. The van der Waals surface area contributed by atoms with E-state index in [0.717, 1.165) is 31.9 Å². The molecule has 0 saturated heterocycles. The summed E-state index contributed by atoms with van der Waals surface area (Å²) >= 11 is 0. The van der Waals surface area contributed by atoms with E-state index >= 15 is 0 Å². The highest BCUT2D eigenvalue weighted by Crippen LogP contribution is 2.25. The summed E-state index contributed by atoms with van der Waals surface area (Å²) < 4.78 is 11.1. The second kappa shape index (κ2) is 8.98. The van der Waals surface area contributed by atoms with Gasteiger partial charge in [0.2, 0.25) is 0 Å². The Morgan fingerprint density at radius 2 is 1.95 bits per heavy atom. The zero-order valence-corrected chi connectivity index (χ0v) is 13.5. The molecule has 0 radical (unpaired) electrons. The molecule has 0 aliphatic rings. The molecule has 1 N–H and O–H groups in total. The standard InChI is InChI=1S/C17H29NO2/c1-13(2)16-8-7-14(3)17(11-16)20-15(4)12-18-9-6-10-19-5/h7-8,11,13,15,18H,6,9-10,12H2,1-5H3. The third-order valence-corrected chi connectivity index (χ3v) is 3.34. The van der Waals surface area contributed by atoms with Crippen molar-refractivity contribution in [3.05, 3.63) is 29.3 Å². The first-order chi connectivity index (χ1) is 9.54. The van der Waals surface area contributed by atoms with Gasteiger partial charge in [-0.25, -0.2) is 0 Å². The zero-order valence-electron chi connectivity index (χ0n) is 13.5. The van der Waals surface area contributed by atoms with Crippen LogP contribution in [0.25, 0.3) is 0 Å². The van der Waals surface area contributed by atoms with Crippen molar-refractivity contribution >= 4 is 0 Å². The Morgan fingerprint density at radius 1 is 1.20 bits per heavy atom. The lowest BCUT2D eigenvalue weighted by Crippen LogP contribution is -2.30. The van der Waals surface area contributed by atoms with Crippen molar-refractivity contribution in [3.63, 3.8) is 0 Å². The molecule has 0 aliphatic heterocycles. The van der Waals surface area contributed by atoms with E-state index in [-0.39, 0.29) is 6.10 Å². The Kier molecular flexibility index (Phi) is 7.63. The SMILES string of the molecule is COCCCNCC(C)Oc1cc(C(C)C)ccc1C. The molecule has 3 heteroatoms. The number of hydrogen-bond acceptors (Lipinski definition) is 3. The third-order valence-electron chi connectivity index (χ3n) is 3.34. The summed E-state index contributed by atoms with van der Waals surface area (Å²) in [7, 11) is 1.73. The first kappa shape index (κ1) is 17.0. The van der Waals surface area contributed by atoms with Gasteiger partial charge in [-0.05, 0) is 49.9 Å². The topological polar surface area (TPSA) is 30.5 Å². The number of rotatable bonds is 9. The largest absolute Gasteiger partial charge is 0.489 e. The molecule has 0 fully saturated rings. The molecule has 3 nitrogen and oxygen atoms in total. The number of benzene rings is 1. The van der Waals surface area contributed by atoms with Gasteiger partial charge in [0.05, 0.1) is 0 Å². The molecule has 0 aliphatic carbocycles. The minimum atomic E-state index is 0.165. The summed E-state index contributed by atoms with van der Waals surface area (Å²) in [5.41, 5.74) is 2.52. The van der Waals surface area contributed by atoms with Gasteiger partial charge in [-0.3, -0.25) is 0 Å². The number of aryl methyl sites for hydroxylation is 1. The van der Waals surface area contributed by atoms with Gasteiger partial charge in [-0.1, -0.05) is 26.0 Å². The number of nitrogens with one attached hydrogen (secondary N) is 1. The lowest BCUT2D eigenvalue weighted by atomic mass is 10.0. The van der Waals surface area contributed by atoms with Crippen LogP contribution in [0.15, 0.2) is 18.2 Å². The fourth-order valence-electron chi connectivity index (χ4n) is 2.01. The van der Waals surface area contributed by atoms with E-state index in [4.69, 9.17) is 9.47 Å². The molecule has 0 spiro atoms. The van der Waals surface area contributed by atoms with Crippen LogP contribution in [0.2, 0.25) is 0 Å². The van der Waals surface area contributed by atoms with Crippen molar-refractivity contribution in [1.29, 1.82) is 0 Å².